The van der Waals surface area contributed by atoms with Gasteiger partial charge in [-0.3, -0.25) is 4.79 Å². The minimum absolute atomic E-state index is 0.371. The van der Waals surface area contributed by atoms with E-state index in [9.17, 15) is 9.59 Å². The van der Waals surface area contributed by atoms with E-state index in [2.05, 4.69) is 5.32 Å². The number of methoxy groups -OCH3 is 1. The van der Waals surface area contributed by atoms with Crippen molar-refractivity contribution < 1.29 is 19.1 Å². The number of carbonyl (C=O) groups is 2. The summed E-state index contributed by atoms with van der Waals surface area (Å²) in [6.07, 6.45) is 2.01. The second-order valence-electron chi connectivity index (χ2n) is 5.61. The van der Waals surface area contributed by atoms with Gasteiger partial charge in [-0.15, -0.1) is 0 Å². The molecule has 0 aliphatic heterocycles. The number of aryl methyl sites for hydroxylation is 1. The van der Waals surface area contributed by atoms with Crippen molar-refractivity contribution in [3.05, 3.63) is 64.7 Å². The van der Waals surface area contributed by atoms with E-state index in [-0.39, 0.29) is 0 Å². The van der Waals surface area contributed by atoms with Gasteiger partial charge in [0.05, 0.1) is 12.1 Å². The number of anilines is 1. The molecule has 26 heavy (non-hydrogen) atoms. The molecular formula is C20H20ClNO4. The standard InChI is InChI=1S/C20H20ClNO4/c1-13-6-4-5-7-15(13)8-11-19(23)26-14(2)20(24)22-16-9-10-18(25-3)17(21)12-16/h4-12,14H,1-3H3,(H,22,24)/b11-8+/t14-/m0/s1. The summed E-state index contributed by atoms with van der Waals surface area (Å²) in [4.78, 5) is 24.1. The van der Waals surface area contributed by atoms with Crippen LogP contribution in [0.15, 0.2) is 48.5 Å². The van der Waals surface area contributed by atoms with Crippen LogP contribution >= 0.6 is 11.6 Å². The van der Waals surface area contributed by atoms with E-state index in [4.69, 9.17) is 21.1 Å². The molecule has 0 saturated carbocycles. The Labute approximate surface area is 157 Å². The molecule has 0 saturated heterocycles. The van der Waals surface area contributed by atoms with Crippen molar-refractivity contribution in [2.24, 2.45) is 0 Å². The monoisotopic (exact) mass is 373 g/mol. The smallest absolute Gasteiger partial charge is 0.331 e. The maximum Gasteiger partial charge on any atom is 0.331 e. The minimum Gasteiger partial charge on any atom is -0.495 e. The summed E-state index contributed by atoms with van der Waals surface area (Å²) in [6, 6.07) is 12.5. The van der Waals surface area contributed by atoms with Gasteiger partial charge in [-0.1, -0.05) is 35.9 Å². The zero-order chi connectivity index (χ0) is 19.1. The fourth-order valence-corrected chi connectivity index (χ4v) is 2.44. The maximum absolute atomic E-state index is 12.2. The molecule has 0 radical (unpaired) electrons. The van der Waals surface area contributed by atoms with Crippen LogP contribution in [0.5, 0.6) is 5.75 Å². The normalized spacial score (nSPS) is 11.8. The van der Waals surface area contributed by atoms with Crippen LogP contribution in [-0.4, -0.2) is 25.1 Å². The number of esters is 1. The Kier molecular flexibility index (Phi) is 6.81. The van der Waals surface area contributed by atoms with Gasteiger partial charge in [0.2, 0.25) is 0 Å². The van der Waals surface area contributed by atoms with Crippen LogP contribution in [0, 0.1) is 6.92 Å². The first kappa shape index (κ1) is 19.5. The highest BCUT2D eigenvalue weighted by Crippen LogP contribution is 2.27. The molecule has 2 rings (SSSR count). The summed E-state index contributed by atoms with van der Waals surface area (Å²) in [7, 11) is 1.51. The van der Waals surface area contributed by atoms with E-state index in [1.165, 1.54) is 20.1 Å². The van der Waals surface area contributed by atoms with Gasteiger partial charge < -0.3 is 14.8 Å². The van der Waals surface area contributed by atoms with E-state index >= 15 is 0 Å². The summed E-state index contributed by atoms with van der Waals surface area (Å²) in [5, 5.41) is 3.01. The molecule has 0 aliphatic carbocycles. The predicted octanol–water partition coefficient (Wildman–Crippen LogP) is 4.24. The average Bonchev–Trinajstić information content (AvgIpc) is 2.61. The molecule has 0 aliphatic rings. The van der Waals surface area contributed by atoms with Crippen molar-refractivity contribution in [2.45, 2.75) is 20.0 Å². The Morgan fingerprint density at radius 1 is 1.19 bits per heavy atom. The lowest BCUT2D eigenvalue weighted by atomic mass is 10.1. The molecule has 0 heterocycles. The molecule has 0 bridgehead atoms. The van der Waals surface area contributed by atoms with Crippen LogP contribution in [0.1, 0.15) is 18.1 Å². The van der Waals surface area contributed by atoms with Crippen molar-refractivity contribution in [3.8, 4) is 5.75 Å². The molecule has 6 heteroatoms. The highest BCUT2D eigenvalue weighted by molar-refractivity contribution is 6.32. The second kappa shape index (κ2) is 9.06. The van der Waals surface area contributed by atoms with Crippen molar-refractivity contribution >= 4 is 35.2 Å². The number of ether oxygens (including phenoxy) is 2. The lowest BCUT2D eigenvalue weighted by molar-refractivity contribution is -0.148. The van der Waals surface area contributed by atoms with Crippen molar-refractivity contribution in [1.82, 2.24) is 0 Å². The lowest BCUT2D eigenvalue weighted by Crippen LogP contribution is -2.29. The number of carbonyl (C=O) groups excluding carboxylic acids is 2. The van der Waals surface area contributed by atoms with Crippen molar-refractivity contribution in [1.29, 1.82) is 0 Å². The highest BCUT2D eigenvalue weighted by Gasteiger charge is 2.17. The van der Waals surface area contributed by atoms with Crippen molar-refractivity contribution in [2.75, 3.05) is 12.4 Å². The molecule has 5 nitrogen and oxygen atoms in total. The Balaban J connectivity index is 1.93. The fourth-order valence-electron chi connectivity index (χ4n) is 2.19. The van der Waals surface area contributed by atoms with Crippen molar-refractivity contribution in [3.63, 3.8) is 0 Å². The number of benzene rings is 2. The van der Waals surface area contributed by atoms with Gasteiger partial charge in [0.25, 0.3) is 5.91 Å². The molecule has 2 aromatic carbocycles. The predicted molar refractivity (Wildman–Crippen MR) is 102 cm³/mol. The first-order valence-electron chi connectivity index (χ1n) is 7.99. The van der Waals surface area contributed by atoms with Gasteiger partial charge in [-0.05, 0) is 49.2 Å². The first-order chi connectivity index (χ1) is 12.4. The molecule has 0 unspecified atom stereocenters. The molecule has 1 N–H and O–H groups in total. The van der Waals surface area contributed by atoms with Gasteiger partial charge in [-0.2, -0.15) is 0 Å². The molecule has 136 valence electrons. The minimum atomic E-state index is -0.954. The van der Waals surface area contributed by atoms with Crippen LogP contribution in [-0.2, 0) is 14.3 Å². The number of hydrogen-bond acceptors (Lipinski definition) is 4. The highest BCUT2D eigenvalue weighted by atomic mass is 35.5. The zero-order valence-electron chi connectivity index (χ0n) is 14.8. The summed E-state index contributed by atoms with van der Waals surface area (Å²) in [6.45, 7) is 3.45. The van der Waals surface area contributed by atoms with Gasteiger partial charge in [-0.25, -0.2) is 4.79 Å². The van der Waals surface area contributed by atoms with Gasteiger partial charge in [0, 0.05) is 11.8 Å². The molecule has 1 atom stereocenters. The first-order valence-corrected chi connectivity index (χ1v) is 8.37. The van der Waals surface area contributed by atoms with E-state index in [0.29, 0.717) is 16.5 Å². The Bertz CT molecular complexity index is 832. The van der Waals surface area contributed by atoms with E-state index in [0.717, 1.165) is 11.1 Å². The maximum atomic E-state index is 12.2. The van der Waals surface area contributed by atoms with Gasteiger partial charge in [0.1, 0.15) is 5.75 Å². The zero-order valence-corrected chi connectivity index (χ0v) is 15.5. The third-order valence-electron chi connectivity index (χ3n) is 3.67. The van der Waals surface area contributed by atoms with Crippen LogP contribution in [0.4, 0.5) is 5.69 Å². The molecule has 0 spiro atoms. The molecule has 0 fully saturated rings. The van der Waals surface area contributed by atoms with Crippen LogP contribution < -0.4 is 10.1 Å². The van der Waals surface area contributed by atoms with Gasteiger partial charge >= 0.3 is 5.97 Å². The Morgan fingerprint density at radius 3 is 2.58 bits per heavy atom. The topological polar surface area (TPSA) is 64.6 Å². The Hall–Kier alpha value is -2.79. The Morgan fingerprint density at radius 2 is 1.92 bits per heavy atom. The van der Waals surface area contributed by atoms with Gasteiger partial charge in [0.15, 0.2) is 6.10 Å². The number of nitrogens with one attached hydrogen (secondary N) is 1. The number of halogens is 1. The van der Waals surface area contributed by atoms with E-state index in [1.54, 1.807) is 24.3 Å². The summed E-state index contributed by atoms with van der Waals surface area (Å²) < 4.78 is 10.2. The lowest BCUT2D eigenvalue weighted by Gasteiger charge is -2.13. The van der Waals surface area contributed by atoms with E-state index < -0.39 is 18.0 Å². The van der Waals surface area contributed by atoms with Crippen LogP contribution in [0.3, 0.4) is 0 Å². The quantitative estimate of drug-likeness (QED) is 0.607. The molecular weight excluding hydrogens is 354 g/mol. The summed E-state index contributed by atoms with van der Waals surface area (Å²) in [5.74, 6) is -0.543. The third-order valence-corrected chi connectivity index (χ3v) is 3.96. The molecule has 2 aromatic rings. The largest absolute Gasteiger partial charge is 0.495 e. The molecule has 0 aromatic heterocycles. The number of hydrogen-bond donors (Lipinski definition) is 1. The number of rotatable bonds is 6. The molecule has 1 amide bonds. The van der Waals surface area contributed by atoms with Crippen LogP contribution in [0.2, 0.25) is 5.02 Å². The SMILES string of the molecule is COc1ccc(NC(=O)[C@H](C)OC(=O)/C=C/c2ccccc2C)cc1Cl. The fraction of sp³-hybridized carbons (Fsp3) is 0.200. The second-order valence-corrected chi connectivity index (χ2v) is 6.01. The average molecular weight is 374 g/mol. The summed E-state index contributed by atoms with van der Waals surface area (Å²) >= 11 is 6.02. The summed E-state index contributed by atoms with van der Waals surface area (Å²) in [5.41, 5.74) is 2.44. The van der Waals surface area contributed by atoms with Crippen LogP contribution in [0.25, 0.3) is 6.08 Å². The number of amides is 1. The third kappa shape index (κ3) is 5.36. The van der Waals surface area contributed by atoms with E-state index in [1.807, 2.05) is 31.2 Å².